The van der Waals surface area contributed by atoms with Gasteiger partial charge < -0.3 is 18.9 Å². The van der Waals surface area contributed by atoms with E-state index in [1.165, 1.54) is 39.0 Å². The molecule has 180 valence electrons. The smallest absolute Gasteiger partial charge is 0.338 e. The van der Waals surface area contributed by atoms with Gasteiger partial charge in [0.05, 0.1) is 16.1 Å². The summed E-state index contributed by atoms with van der Waals surface area (Å²) < 4.78 is 20.8. The number of esters is 4. The molecule has 0 aliphatic heterocycles. The molecule has 34 heavy (non-hydrogen) atoms. The highest BCUT2D eigenvalue weighted by Gasteiger charge is 2.25. The highest BCUT2D eigenvalue weighted by molar-refractivity contribution is 5.92. The summed E-state index contributed by atoms with van der Waals surface area (Å²) in [6.07, 6.45) is -0.0861. The second kappa shape index (κ2) is 12.1. The lowest BCUT2D eigenvalue weighted by atomic mass is 10.1. The second-order valence-corrected chi connectivity index (χ2v) is 6.75. The molecule has 0 N–H and O–H groups in total. The van der Waals surface area contributed by atoms with E-state index in [0.717, 1.165) is 12.1 Å². The molecule has 0 aliphatic carbocycles. The summed E-state index contributed by atoms with van der Waals surface area (Å²) in [5.74, 6) is -4.05. The third kappa shape index (κ3) is 6.86. The van der Waals surface area contributed by atoms with Crippen LogP contribution in [0.15, 0.2) is 36.4 Å². The Morgan fingerprint density at radius 2 is 1.32 bits per heavy atom. The van der Waals surface area contributed by atoms with E-state index in [4.69, 9.17) is 18.9 Å². The van der Waals surface area contributed by atoms with Gasteiger partial charge in [-0.25, -0.2) is 4.79 Å². The maximum absolute atomic E-state index is 12.7. The van der Waals surface area contributed by atoms with Gasteiger partial charge in [0.25, 0.3) is 5.69 Å². The van der Waals surface area contributed by atoms with Crippen LogP contribution in [0.25, 0.3) is 0 Å². The summed E-state index contributed by atoms with van der Waals surface area (Å²) in [6, 6.07) is 7.92. The molecule has 0 saturated heterocycles. The zero-order chi connectivity index (χ0) is 25.3. The highest BCUT2D eigenvalue weighted by atomic mass is 16.6. The van der Waals surface area contributed by atoms with Crippen molar-refractivity contribution in [2.75, 3.05) is 0 Å². The zero-order valence-electron chi connectivity index (χ0n) is 18.8. The van der Waals surface area contributed by atoms with Crippen molar-refractivity contribution >= 4 is 29.6 Å². The molecule has 0 bridgehead atoms. The number of carbonyl (C=O) groups excluding carboxylic acids is 4. The number of para-hydroxylation sites is 1. The first kappa shape index (κ1) is 26.0. The number of rotatable bonds is 10. The number of nitro groups is 1. The minimum Gasteiger partial charge on any atom is -0.457 e. The largest absolute Gasteiger partial charge is 0.457 e. The minimum atomic E-state index is -0.950. The van der Waals surface area contributed by atoms with E-state index in [-0.39, 0.29) is 53.3 Å². The first-order chi connectivity index (χ1) is 16.2. The monoisotopic (exact) mass is 473 g/mol. The van der Waals surface area contributed by atoms with Gasteiger partial charge in [0.2, 0.25) is 5.75 Å². The predicted octanol–water partition coefficient (Wildman–Crippen LogP) is 3.90. The zero-order valence-corrected chi connectivity index (χ0v) is 18.8. The number of hydrogen-bond acceptors (Lipinski definition) is 10. The molecule has 2 rings (SSSR count). The van der Waals surface area contributed by atoms with Gasteiger partial charge >= 0.3 is 23.9 Å². The lowest BCUT2D eigenvalue weighted by Gasteiger charge is -2.16. The van der Waals surface area contributed by atoms with Crippen molar-refractivity contribution in [1.82, 2.24) is 0 Å². The summed E-state index contributed by atoms with van der Waals surface area (Å²) in [6.45, 7) is 4.18. The molecular formula is C23H23NO10. The summed E-state index contributed by atoms with van der Waals surface area (Å²) in [5, 5.41) is 11.2. The molecule has 2 aromatic carbocycles. The van der Waals surface area contributed by atoms with Crippen LogP contribution in [0.4, 0.5) is 5.69 Å². The molecule has 2 aromatic rings. The first-order valence-corrected chi connectivity index (χ1v) is 10.4. The van der Waals surface area contributed by atoms with Crippen molar-refractivity contribution in [2.24, 2.45) is 0 Å². The van der Waals surface area contributed by atoms with Gasteiger partial charge in [-0.15, -0.1) is 0 Å². The molecule has 0 amide bonds. The van der Waals surface area contributed by atoms with E-state index in [1.54, 1.807) is 6.07 Å². The van der Waals surface area contributed by atoms with Gasteiger partial charge in [-0.2, -0.15) is 0 Å². The van der Waals surface area contributed by atoms with Gasteiger partial charge in [-0.05, 0) is 18.2 Å². The number of nitro benzene ring substituents is 1. The van der Waals surface area contributed by atoms with E-state index < -0.39 is 35.4 Å². The molecule has 0 unspecified atom stereocenters. The molecule has 0 fully saturated rings. The predicted molar refractivity (Wildman–Crippen MR) is 116 cm³/mol. The van der Waals surface area contributed by atoms with Crippen LogP contribution in [0, 0.1) is 10.1 Å². The number of nitrogens with zero attached hydrogens (tertiary/aromatic N) is 1. The van der Waals surface area contributed by atoms with Gasteiger partial charge in [-0.3, -0.25) is 24.5 Å². The highest BCUT2D eigenvalue weighted by Crippen LogP contribution is 2.40. The Kier molecular flexibility index (Phi) is 9.24. The second-order valence-electron chi connectivity index (χ2n) is 6.75. The SMILES string of the molecule is CCC(=O)Oc1cc(C(=O)OCc2ccccc2[N+](=O)[O-])cc(OC(=O)CC)c1OC(=O)CC. The average molecular weight is 473 g/mol. The van der Waals surface area contributed by atoms with Crippen molar-refractivity contribution in [2.45, 2.75) is 46.6 Å². The van der Waals surface area contributed by atoms with Crippen LogP contribution in [-0.2, 0) is 25.7 Å². The lowest BCUT2D eigenvalue weighted by molar-refractivity contribution is -0.385. The van der Waals surface area contributed by atoms with E-state index in [0.29, 0.717) is 0 Å². The third-order valence-electron chi connectivity index (χ3n) is 4.33. The Hall–Kier alpha value is -4.28. The standard InChI is InChI=1S/C23H23NO10/c1-4-19(25)32-17-11-15(12-18(33-20(26)5-2)22(17)34-21(27)6-3)23(28)31-13-14-9-7-8-10-16(14)24(29)30/h7-12H,4-6,13H2,1-3H3. The molecule has 0 aromatic heterocycles. The molecular weight excluding hydrogens is 450 g/mol. The van der Waals surface area contributed by atoms with E-state index in [1.807, 2.05) is 0 Å². The van der Waals surface area contributed by atoms with Crippen LogP contribution in [0.5, 0.6) is 17.2 Å². The molecule has 0 spiro atoms. The van der Waals surface area contributed by atoms with Crippen molar-refractivity contribution in [3.05, 3.63) is 57.6 Å². The Morgan fingerprint density at radius 3 is 1.82 bits per heavy atom. The van der Waals surface area contributed by atoms with Gasteiger partial charge in [0.1, 0.15) is 6.61 Å². The molecule has 0 saturated carbocycles. The normalized spacial score (nSPS) is 10.2. The molecule has 0 atom stereocenters. The Bertz CT molecular complexity index is 1070. The summed E-state index contributed by atoms with van der Waals surface area (Å²) in [7, 11) is 0. The van der Waals surface area contributed by atoms with E-state index >= 15 is 0 Å². The van der Waals surface area contributed by atoms with Crippen LogP contribution in [0.2, 0.25) is 0 Å². The van der Waals surface area contributed by atoms with Crippen molar-refractivity contribution < 1.29 is 43.0 Å². The lowest BCUT2D eigenvalue weighted by Crippen LogP contribution is -2.15. The average Bonchev–Trinajstić information content (AvgIpc) is 2.83. The van der Waals surface area contributed by atoms with E-state index in [2.05, 4.69) is 0 Å². The van der Waals surface area contributed by atoms with Crippen molar-refractivity contribution in [3.63, 3.8) is 0 Å². The van der Waals surface area contributed by atoms with Crippen LogP contribution >= 0.6 is 0 Å². The van der Waals surface area contributed by atoms with Gasteiger partial charge in [0, 0.05) is 25.3 Å². The number of ether oxygens (including phenoxy) is 4. The minimum absolute atomic E-state index is 0.0258. The first-order valence-electron chi connectivity index (χ1n) is 10.4. The number of carbonyl (C=O) groups is 4. The fourth-order valence-electron chi connectivity index (χ4n) is 2.56. The van der Waals surface area contributed by atoms with Crippen molar-refractivity contribution in [3.8, 4) is 17.2 Å². The maximum Gasteiger partial charge on any atom is 0.338 e. The van der Waals surface area contributed by atoms with Crippen LogP contribution in [-0.4, -0.2) is 28.8 Å². The van der Waals surface area contributed by atoms with Crippen LogP contribution in [0.1, 0.15) is 56.0 Å². The molecule has 0 aliphatic rings. The maximum atomic E-state index is 12.7. The Balaban J connectivity index is 2.46. The third-order valence-corrected chi connectivity index (χ3v) is 4.33. The molecule has 0 radical (unpaired) electrons. The van der Waals surface area contributed by atoms with Gasteiger partial charge in [-0.1, -0.05) is 32.9 Å². The molecule has 11 nitrogen and oxygen atoms in total. The molecule has 0 heterocycles. The topological polar surface area (TPSA) is 148 Å². The van der Waals surface area contributed by atoms with Crippen molar-refractivity contribution in [1.29, 1.82) is 0 Å². The van der Waals surface area contributed by atoms with Crippen LogP contribution < -0.4 is 14.2 Å². The summed E-state index contributed by atoms with van der Waals surface area (Å²) >= 11 is 0. The molecule has 11 heteroatoms. The van der Waals surface area contributed by atoms with Crippen LogP contribution in [0.3, 0.4) is 0 Å². The fraction of sp³-hybridized carbons (Fsp3) is 0.304. The summed E-state index contributed by atoms with van der Waals surface area (Å²) in [5.41, 5.74) is -0.274. The Morgan fingerprint density at radius 1 is 0.824 bits per heavy atom. The Labute approximate surface area is 194 Å². The fourth-order valence-corrected chi connectivity index (χ4v) is 2.56. The van der Waals surface area contributed by atoms with E-state index in [9.17, 15) is 29.3 Å². The summed E-state index contributed by atoms with van der Waals surface area (Å²) in [4.78, 5) is 59.0. The number of benzene rings is 2. The quantitative estimate of drug-likeness (QED) is 0.215. The van der Waals surface area contributed by atoms with Gasteiger partial charge in [0.15, 0.2) is 11.5 Å². The number of hydrogen-bond donors (Lipinski definition) is 0.